The Bertz CT molecular complexity index is 691. The molecule has 3 fully saturated rings. The first kappa shape index (κ1) is 19.1. The Labute approximate surface area is 164 Å². The molecule has 0 aromatic carbocycles. The van der Waals surface area contributed by atoms with E-state index in [0.29, 0.717) is 45.8 Å². The number of aromatic nitrogens is 1. The van der Waals surface area contributed by atoms with E-state index in [4.69, 9.17) is 9.47 Å². The zero-order chi connectivity index (χ0) is 19.1. The Morgan fingerprint density at radius 3 is 2.52 bits per heavy atom. The third-order valence-corrected chi connectivity index (χ3v) is 7.18. The number of rotatable bonds is 2. The average Bonchev–Trinajstić information content (AvgIpc) is 3.03. The minimum atomic E-state index is -0.661. The fraction of sp³-hybridized carbons (Fsp3) is 0.789. The van der Waals surface area contributed by atoms with Crippen molar-refractivity contribution in [2.45, 2.75) is 50.7 Å². The minimum Gasteiger partial charge on any atom is -0.390 e. The van der Waals surface area contributed by atoms with E-state index >= 15 is 0 Å². The smallest absolute Gasteiger partial charge is 0.265 e. The second kappa shape index (κ2) is 7.31. The highest BCUT2D eigenvalue weighted by molar-refractivity contribution is 7.17. The molecule has 7 nitrogen and oxygen atoms in total. The summed E-state index contributed by atoms with van der Waals surface area (Å²) in [5, 5.41) is 11.3. The summed E-state index contributed by atoms with van der Waals surface area (Å²) in [6.45, 7) is 8.80. The van der Waals surface area contributed by atoms with Gasteiger partial charge in [0.25, 0.3) is 5.91 Å². The van der Waals surface area contributed by atoms with Gasteiger partial charge in [-0.15, -0.1) is 0 Å². The molecule has 3 saturated heterocycles. The van der Waals surface area contributed by atoms with Crippen LogP contribution in [0.4, 0.5) is 5.13 Å². The maximum Gasteiger partial charge on any atom is 0.265 e. The van der Waals surface area contributed by atoms with E-state index in [2.05, 4.69) is 9.88 Å². The molecule has 0 bridgehead atoms. The largest absolute Gasteiger partial charge is 0.390 e. The third-order valence-electron chi connectivity index (χ3n) is 5.97. The van der Waals surface area contributed by atoms with Gasteiger partial charge in [-0.1, -0.05) is 11.3 Å². The highest BCUT2D eigenvalue weighted by Gasteiger charge is 2.45. The Morgan fingerprint density at radius 1 is 1.15 bits per heavy atom. The number of ether oxygens (including phenoxy) is 2. The SMILES string of the molecule is Cc1nc(N2CCOCC2)sc1C(=O)N1CCC2(CC1)CC(C)(O)CCO2. The van der Waals surface area contributed by atoms with Crippen LogP contribution in [0.15, 0.2) is 0 Å². The first-order valence-corrected chi connectivity index (χ1v) is 10.6. The normalized spacial score (nSPS) is 28.6. The van der Waals surface area contributed by atoms with E-state index in [-0.39, 0.29) is 11.5 Å². The van der Waals surface area contributed by atoms with Crippen molar-refractivity contribution >= 4 is 22.4 Å². The molecule has 0 aliphatic carbocycles. The Balaban J connectivity index is 1.41. The number of aryl methyl sites for hydroxylation is 1. The van der Waals surface area contributed by atoms with E-state index < -0.39 is 5.60 Å². The standard InChI is InChI=1S/C19H29N3O4S/c1-14-15(27-17(20-14)22-8-11-25-12-9-22)16(23)21-6-3-19(4-7-21)13-18(2,24)5-10-26-19/h24H,3-13H2,1-2H3. The molecule has 1 aromatic heterocycles. The van der Waals surface area contributed by atoms with Gasteiger partial charge in [0.15, 0.2) is 5.13 Å². The molecule has 150 valence electrons. The lowest BCUT2D eigenvalue weighted by molar-refractivity contribution is -0.170. The number of hydrogen-bond donors (Lipinski definition) is 1. The van der Waals surface area contributed by atoms with Crippen molar-refractivity contribution in [3.05, 3.63) is 10.6 Å². The lowest BCUT2D eigenvalue weighted by Crippen LogP contribution is -2.54. The highest BCUT2D eigenvalue weighted by atomic mass is 32.1. The topological polar surface area (TPSA) is 75.1 Å². The number of anilines is 1. The van der Waals surface area contributed by atoms with Crippen LogP contribution in [-0.4, -0.2) is 78.1 Å². The predicted octanol–water partition coefficient (Wildman–Crippen LogP) is 1.82. The molecule has 1 spiro atoms. The fourth-order valence-electron chi connectivity index (χ4n) is 4.37. The van der Waals surface area contributed by atoms with Crippen LogP contribution in [-0.2, 0) is 9.47 Å². The Morgan fingerprint density at radius 2 is 1.85 bits per heavy atom. The Kier molecular flexibility index (Phi) is 5.18. The van der Waals surface area contributed by atoms with Gasteiger partial charge in [-0.3, -0.25) is 4.79 Å². The van der Waals surface area contributed by atoms with E-state index in [1.807, 2.05) is 18.7 Å². The van der Waals surface area contributed by atoms with Gasteiger partial charge >= 0.3 is 0 Å². The van der Waals surface area contributed by atoms with Crippen molar-refractivity contribution in [3.63, 3.8) is 0 Å². The maximum atomic E-state index is 13.1. The lowest BCUT2D eigenvalue weighted by Gasteiger charge is -2.48. The summed E-state index contributed by atoms with van der Waals surface area (Å²) in [6.07, 6.45) is 2.90. The summed E-state index contributed by atoms with van der Waals surface area (Å²) in [6, 6.07) is 0. The van der Waals surface area contributed by atoms with Gasteiger partial charge in [-0.25, -0.2) is 4.98 Å². The molecule has 1 N–H and O–H groups in total. The summed E-state index contributed by atoms with van der Waals surface area (Å²) in [4.78, 5) is 22.6. The van der Waals surface area contributed by atoms with Crippen molar-refractivity contribution in [2.75, 3.05) is 50.9 Å². The quantitative estimate of drug-likeness (QED) is 0.823. The van der Waals surface area contributed by atoms with Gasteiger partial charge in [0.05, 0.1) is 36.7 Å². The average molecular weight is 396 g/mol. The molecule has 3 aliphatic heterocycles. The first-order valence-electron chi connectivity index (χ1n) is 9.83. The molecular weight excluding hydrogens is 366 g/mol. The number of piperidine rings is 1. The summed E-state index contributed by atoms with van der Waals surface area (Å²) in [5.41, 5.74) is -0.130. The molecule has 0 saturated carbocycles. The van der Waals surface area contributed by atoms with Gasteiger partial charge in [0.1, 0.15) is 4.88 Å². The highest BCUT2D eigenvalue weighted by Crippen LogP contribution is 2.40. The van der Waals surface area contributed by atoms with Crippen molar-refractivity contribution in [2.24, 2.45) is 0 Å². The number of likely N-dealkylation sites (tertiary alicyclic amines) is 1. The zero-order valence-electron chi connectivity index (χ0n) is 16.2. The van der Waals surface area contributed by atoms with Crippen LogP contribution < -0.4 is 4.90 Å². The molecule has 27 heavy (non-hydrogen) atoms. The molecule has 4 heterocycles. The van der Waals surface area contributed by atoms with E-state index in [0.717, 1.165) is 41.6 Å². The second-order valence-corrected chi connectivity index (χ2v) is 9.24. The molecule has 0 radical (unpaired) electrons. The number of morpholine rings is 1. The minimum absolute atomic E-state index is 0.0712. The maximum absolute atomic E-state index is 13.1. The number of thiazole rings is 1. The van der Waals surface area contributed by atoms with E-state index in [1.54, 1.807) is 0 Å². The number of hydrogen-bond acceptors (Lipinski definition) is 7. The van der Waals surface area contributed by atoms with Crippen molar-refractivity contribution in [1.29, 1.82) is 0 Å². The third kappa shape index (κ3) is 3.99. The second-order valence-electron chi connectivity index (χ2n) is 8.26. The van der Waals surface area contributed by atoms with Crippen LogP contribution in [0.1, 0.15) is 48.0 Å². The molecule has 1 atom stereocenters. The van der Waals surface area contributed by atoms with Crippen molar-refractivity contribution in [1.82, 2.24) is 9.88 Å². The zero-order valence-corrected chi connectivity index (χ0v) is 17.0. The van der Waals surface area contributed by atoms with Crippen LogP contribution >= 0.6 is 11.3 Å². The van der Waals surface area contributed by atoms with E-state index in [1.165, 1.54) is 11.3 Å². The van der Waals surface area contributed by atoms with Gasteiger partial charge in [0, 0.05) is 32.6 Å². The summed E-state index contributed by atoms with van der Waals surface area (Å²) in [7, 11) is 0. The molecule has 1 amide bonds. The molecule has 1 unspecified atom stereocenters. The van der Waals surface area contributed by atoms with Gasteiger partial charge in [0.2, 0.25) is 0 Å². The molecule has 1 aromatic rings. The van der Waals surface area contributed by atoms with Gasteiger partial charge in [-0.2, -0.15) is 0 Å². The number of aliphatic hydroxyl groups is 1. The number of carbonyl (C=O) groups is 1. The molecular formula is C19H29N3O4S. The van der Waals surface area contributed by atoms with Crippen LogP contribution in [0, 0.1) is 6.92 Å². The predicted molar refractivity (Wildman–Crippen MR) is 104 cm³/mol. The molecule has 3 aliphatic rings. The molecule has 4 rings (SSSR count). The van der Waals surface area contributed by atoms with E-state index in [9.17, 15) is 9.90 Å². The number of carbonyl (C=O) groups excluding carboxylic acids is 1. The summed E-state index contributed by atoms with van der Waals surface area (Å²) >= 11 is 1.49. The van der Waals surface area contributed by atoms with Gasteiger partial charge in [-0.05, 0) is 33.1 Å². The van der Waals surface area contributed by atoms with Crippen LogP contribution in [0.25, 0.3) is 0 Å². The van der Waals surface area contributed by atoms with Crippen molar-refractivity contribution in [3.8, 4) is 0 Å². The first-order chi connectivity index (χ1) is 12.9. The van der Waals surface area contributed by atoms with Crippen LogP contribution in [0.3, 0.4) is 0 Å². The van der Waals surface area contributed by atoms with Crippen LogP contribution in [0.2, 0.25) is 0 Å². The summed E-state index contributed by atoms with van der Waals surface area (Å²) in [5.74, 6) is 0.0712. The van der Waals surface area contributed by atoms with Crippen molar-refractivity contribution < 1.29 is 19.4 Å². The molecule has 8 heteroatoms. The number of nitrogens with zero attached hydrogens (tertiary/aromatic N) is 3. The van der Waals surface area contributed by atoms with Gasteiger partial charge < -0.3 is 24.4 Å². The Hall–Kier alpha value is -1.22. The summed E-state index contributed by atoms with van der Waals surface area (Å²) < 4.78 is 11.5. The fourth-order valence-corrected chi connectivity index (χ4v) is 5.46. The van der Waals surface area contributed by atoms with Crippen LogP contribution in [0.5, 0.6) is 0 Å². The number of amides is 1. The lowest BCUT2D eigenvalue weighted by atomic mass is 9.78. The monoisotopic (exact) mass is 395 g/mol.